The first-order valence-electron chi connectivity index (χ1n) is 9.61. The fourth-order valence-corrected chi connectivity index (χ4v) is 4.75. The normalized spacial score (nSPS) is 12.6. The topological polar surface area (TPSA) is 76.7 Å². The molecule has 0 radical (unpaired) electrons. The molecule has 1 heterocycles. The zero-order valence-corrected chi connectivity index (χ0v) is 18.1. The van der Waals surface area contributed by atoms with Gasteiger partial charge in [-0.3, -0.25) is 10.1 Å². The van der Waals surface area contributed by atoms with Gasteiger partial charge in [0.1, 0.15) is 10.8 Å². The number of thiophene rings is 1. The average molecular weight is 433 g/mol. The smallest absolute Gasteiger partial charge is 0.341 e. The number of thiocarbonyl (C=S) groups is 1. The van der Waals surface area contributed by atoms with Crippen LogP contribution in [0.4, 0.5) is 5.00 Å². The molecule has 8 heteroatoms. The van der Waals surface area contributed by atoms with E-state index in [0.717, 1.165) is 43.4 Å². The molecule has 0 fully saturated rings. The second-order valence-corrected chi connectivity index (χ2v) is 8.20. The molecule has 1 amide bonds. The van der Waals surface area contributed by atoms with Crippen molar-refractivity contribution in [3.05, 3.63) is 45.8 Å². The summed E-state index contributed by atoms with van der Waals surface area (Å²) in [5, 5.41) is 6.45. The molecule has 1 aromatic heterocycles. The van der Waals surface area contributed by atoms with Crippen molar-refractivity contribution in [2.24, 2.45) is 0 Å². The van der Waals surface area contributed by atoms with Gasteiger partial charge in [-0.05, 0) is 74.2 Å². The zero-order valence-electron chi connectivity index (χ0n) is 16.5. The Morgan fingerprint density at radius 1 is 1.17 bits per heavy atom. The van der Waals surface area contributed by atoms with Crippen LogP contribution in [-0.4, -0.2) is 30.7 Å². The maximum atomic E-state index is 12.5. The van der Waals surface area contributed by atoms with Gasteiger partial charge in [-0.2, -0.15) is 0 Å². The predicted molar refractivity (Wildman–Crippen MR) is 118 cm³/mol. The molecule has 1 aliphatic carbocycles. The second-order valence-electron chi connectivity index (χ2n) is 6.69. The van der Waals surface area contributed by atoms with E-state index in [1.54, 1.807) is 24.3 Å². The summed E-state index contributed by atoms with van der Waals surface area (Å²) in [7, 11) is 1.37. The molecule has 1 aliphatic rings. The Bertz CT molecular complexity index is 906. The van der Waals surface area contributed by atoms with Crippen LogP contribution in [0.15, 0.2) is 24.3 Å². The zero-order chi connectivity index (χ0) is 20.8. The van der Waals surface area contributed by atoms with Crippen LogP contribution >= 0.6 is 23.6 Å². The lowest BCUT2D eigenvalue weighted by atomic mass is 9.95. The fraction of sp³-hybridized carbons (Fsp3) is 0.381. The molecule has 29 heavy (non-hydrogen) atoms. The molecule has 0 bridgehead atoms. The summed E-state index contributed by atoms with van der Waals surface area (Å²) in [6.07, 6.45) is 4.86. The Kier molecular flexibility index (Phi) is 7.22. The van der Waals surface area contributed by atoms with Crippen molar-refractivity contribution in [3.63, 3.8) is 0 Å². The maximum absolute atomic E-state index is 12.5. The minimum atomic E-state index is -0.385. The number of hydrogen-bond donors (Lipinski definition) is 2. The standard InChI is InChI=1S/C21H24N2O4S2/c1-3-12-27-14-10-8-13(9-11-14)18(24)22-21(28)23-19-17(20(25)26-2)15-6-4-5-7-16(15)29-19/h8-11H,3-7,12H2,1-2H3,(H2,22,23,24,28). The lowest BCUT2D eigenvalue weighted by Crippen LogP contribution is -2.34. The average Bonchev–Trinajstić information content (AvgIpc) is 3.09. The van der Waals surface area contributed by atoms with E-state index >= 15 is 0 Å². The van der Waals surface area contributed by atoms with Crippen LogP contribution in [0.5, 0.6) is 5.75 Å². The van der Waals surface area contributed by atoms with Crippen molar-refractivity contribution in [3.8, 4) is 5.75 Å². The van der Waals surface area contributed by atoms with Crippen molar-refractivity contribution in [1.82, 2.24) is 5.32 Å². The summed E-state index contributed by atoms with van der Waals surface area (Å²) in [6.45, 7) is 2.66. The summed E-state index contributed by atoms with van der Waals surface area (Å²) in [6, 6.07) is 6.88. The predicted octanol–water partition coefficient (Wildman–Crippen LogP) is 4.33. The van der Waals surface area contributed by atoms with Crippen molar-refractivity contribution < 1.29 is 19.1 Å². The van der Waals surface area contributed by atoms with E-state index < -0.39 is 0 Å². The molecule has 2 N–H and O–H groups in total. The number of nitrogens with one attached hydrogen (secondary N) is 2. The van der Waals surface area contributed by atoms with Gasteiger partial charge in [-0.15, -0.1) is 11.3 Å². The number of anilines is 1. The quantitative estimate of drug-likeness (QED) is 0.523. The van der Waals surface area contributed by atoms with E-state index in [2.05, 4.69) is 10.6 Å². The number of carbonyl (C=O) groups is 2. The fourth-order valence-electron chi connectivity index (χ4n) is 3.20. The molecular formula is C21H24N2O4S2. The molecule has 1 aromatic carbocycles. The van der Waals surface area contributed by atoms with Gasteiger partial charge in [-0.25, -0.2) is 4.79 Å². The first-order valence-corrected chi connectivity index (χ1v) is 10.8. The monoisotopic (exact) mass is 432 g/mol. The number of amides is 1. The van der Waals surface area contributed by atoms with Crippen LogP contribution in [0.3, 0.4) is 0 Å². The van der Waals surface area contributed by atoms with Crippen LogP contribution < -0.4 is 15.4 Å². The molecule has 6 nitrogen and oxygen atoms in total. The van der Waals surface area contributed by atoms with Crippen LogP contribution in [0.25, 0.3) is 0 Å². The third-order valence-corrected chi connectivity index (χ3v) is 6.02. The lowest BCUT2D eigenvalue weighted by Gasteiger charge is -2.12. The largest absolute Gasteiger partial charge is 0.494 e. The van der Waals surface area contributed by atoms with E-state index in [9.17, 15) is 9.59 Å². The van der Waals surface area contributed by atoms with E-state index in [1.165, 1.54) is 23.3 Å². The second kappa shape index (κ2) is 9.84. The molecule has 2 aromatic rings. The van der Waals surface area contributed by atoms with Gasteiger partial charge < -0.3 is 14.8 Å². The molecule has 0 unspecified atom stereocenters. The SMILES string of the molecule is CCCOc1ccc(C(=O)NC(=S)Nc2sc3c(c2C(=O)OC)CCCC3)cc1. The van der Waals surface area contributed by atoms with E-state index in [1.807, 2.05) is 6.92 Å². The van der Waals surface area contributed by atoms with Gasteiger partial charge in [0.15, 0.2) is 5.11 Å². The van der Waals surface area contributed by atoms with Crippen molar-refractivity contribution >= 4 is 45.5 Å². The number of aryl methyl sites for hydroxylation is 1. The van der Waals surface area contributed by atoms with Crippen molar-refractivity contribution in [2.45, 2.75) is 39.0 Å². The Labute approximate surface area is 179 Å². The summed E-state index contributed by atoms with van der Waals surface area (Å²) < 4.78 is 10.5. The van der Waals surface area contributed by atoms with Crippen molar-refractivity contribution in [2.75, 3.05) is 19.0 Å². The van der Waals surface area contributed by atoms with Crippen LogP contribution in [0.1, 0.15) is 57.3 Å². The Morgan fingerprint density at radius 3 is 2.59 bits per heavy atom. The first-order chi connectivity index (χ1) is 14.0. The van der Waals surface area contributed by atoms with Gasteiger partial charge in [-0.1, -0.05) is 6.92 Å². The highest BCUT2D eigenvalue weighted by atomic mass is 32.1. The summed E-state index contributed by atoms with van der Waals surface area (Å²) in [5.41, 5.74) is 2.03. The minimum absolute atomic E-state index is 0.144. The summed E-state index contributed by atoms with van der Waals surface area (Å²) >= 11 is 6.80. The Hall–Kier alpha value is -2.45. The molecule has 0 spiro atoms. The number of methoxy groups -OCH3 is 1. The van der Waals surface area contributed by atoms with Crippen molar-refractivity contribution in [1.29, 1.82) is 0 Å². The van der Waals surface area contributed by atoms with Gasteiger partial charge in [0.05, 0.1) is 19.3 Å². The summed E-state index contributed by atoms with van der Waals surface area (Å²) in [5.74, 6) is 0.00478. The van der Waals surface area contributed by atoms with Crippen LogP contribution in [0, 0.1) is 0 Å². The third kappa shape index (κ3) is 5.13. The highest BCUT2D eigenvalue weighted by molar-refractivity contribution is 7.80. The number of ether oxygens (including phenoxy) is 2. The highest BCUT2D eigenvalue weighted by Crippen LogP contribution is 2.38. The third-order valence-electron chi connectivity index (χ3n) is 4.60. The van der Waals surface area contributed by atoms with E-state index in [-0.39, 0.29) is 17.0 Å². The van der Waals surface area contributed by atoms with E-state index in [4.69, 9.17) is 21.7 Å². The molecule has 3 rings (SSSR count). The van der Waals surface area contributed by atoms with Crippen LogP contribution in [0.2, 0.25) is 0 Å². The van der Waals surface area contributed by atoms with Gasteiger partial charge in [0.25, 0.3) is 5.91 Å². The number of benzene rings is 1. The number of esters is 1. The molecule has 0 saturated heterocycles. The number of hydrogen-bond acceptors (Lipinski definition) is 6. The molecule has 0 atom stereocenters. The Morgan fingerprint density at radius 2 is 1.90 bits per heavy atom. The maximum Gasteiger partial charge on any atom is 0.341 e. The highest BCUT2D eigenvalue weighted by Gasteiger charge is 2.26. The molecular weight excluding hydrogens is 408 g/mol. The number of rotatable bonds is 6. The van der Waals surface area contributed by atoms with Crippen LogP contribution in [-0.2, 0) is 17.6 Å². The van der Waals surface area contributed by atoms with Gasteiger partial charge >= 0.3 is 5.97 Å². The van der Waals surface area contributed by atoms with E-state index in [0.29, 0.717) is 22.7 Å². The molecule has 154 valence electrons. The lowest BCUT2D eigenvalue weighted by molar-refractivity contribution is 0.0601. The number of carbonyl (C=O) groups excluding carboxylic acids is 2. The van der Waals surface area contributed by atoms with Gasteiger partial charge in [0, 0.05) is 10.4 Å². The minimum Gasteiger partial charge on any atom is -0.494 e. The van der Waals surface area contributed by atoms with Gasteiger partial charge in [0.2, 0.25) is 0 Å². The Balaban J connectivity index is 1.68. The number of fused-ring (bicyclic) bond motifs is 1. The molecule has 0 saturated carbocycles. The first kappa shape index (κ1) is 21.3. The molecule has 0 aliphatic heterocycles. The summed E-state index contributed by atoms with van der Waals surface area (Å²) in [4.78, 5) is 26.0.